The Morgan fingerprint density at radius 3 is 2.45 bits per heavy atom. The lowest BCUT2D eigenvalue weighted by atomic mass is 10.1. The molecule has 0 spiro atoms. The Morgan fingerprint density at radius 1 is 1.23 bits per heavy atom. The summed E-state index contributed by atoms with van der Waals surface area (Å²) in [5, 5.41) is 9.02. The number of aromatic carboxylic acids is 1. The van der Waals surface area contributed by atoms with Gasteiger partial charge in [0.05, 0.1) is 6.54 Å². The fraction of sp³-hybridized carbons (Fsp3) is 0.250. The molecule has 0 fully saturated rings. The van der Waals surface area contributed by atoms with Crippen LogP contribution in [0.15, 0.2) is 33.2 Å². The summed E-state index contributed by atoms with van der Waals surface area (Å²) in [7, 11) is 1.65. The molecule has 2 aromatic rings. The molecule has 0 saturated heterocycles. The summed E-state index contributed by atoms with van der Waals surface area (Å²) in [6.07, 6.45) is 0. The van der Waals surface area contributed by atoms with Crippen molar-refractivity contribution in [3.8, 4) is 0 Å². The van der Waals surface area contributed by atoms with Crippen molar-refractivity contribution in [2.24, 2.45) is 0 Å². The van der Waals surface area contributed by atoms with E-state index in [0.29, 0.717) is 17.1 Å². The van der Waals surface area contributed by atoms with Gasteiger partial charge in [-0.15, -0.1) is 0 Å². The minimum Gasteiger partial charge on any atom is -0.478 e. The Hall–Kier alpha value is -2.08. The van der Waals surface area contributed by atoms with Gasteiger partial charge in [0.2, 0.25) is 0 Å². The van der Waals surface area contributed by atoms with Crippen LogP contribution in [0.5, 0.6) is 0 Å². The van der Waals surface area contributed by atoms with Crippen LogP contribution in [0.25, 0.3) is 0 Å². The average Bonchev–Trinajstić information content (AvgIpc) is 2.79. The lowest BCUT2D eigenvalue weighted by Gasteiger charge is -2.17. The lowest BCUT2D eigenvalue weighted by Crippen LogP contribution is -2.26. The highest BCUT2D eigenvalue weighted by molar-refractivity contribution is 9.10. The van der Waals surface area contributed by atoms with Gasteiger partial charge in [0.25, 0.3) is 5.91 Å². The van der Waals surface area contributed by atoms with Crippen LogP contribution in [-0.2, 0) is 6.54 Å². The van der Waals surface area contributed by atoms with Gasteiger partial charge < -0.3 is 14.4 Å². The Labute approximate surface area is 136 Å². The van der Waals surface area contributed by atoms with Gasteiger partial charge in [-0.25, -0.2) is 4.79 Å². The highest BCUT2D eigenvalue weighted by Crippen LogP contribution is 2.20. The monoisotopic (exact) mass is 365 g/mol. The number of amides is 1. The summed E-state index contributed by atoms with van der Waals surface area (Å²) >= 11 is 3.36. The number of aryl methyl sites for hydroxylation is 2. The Kier molecular flexibility index (Phi) is 4.71. The first-order valence-corrected chi connectivity index (χ1v) is 7.43. The molecular weight excluding hydrogens is 350 g/mol. The zero-order valence-corrected chi connectivity index (χ0v) is 14.1. The third-order valence-corrected chi connectivity index (χ3v) is 3.85. The van der Waals surface area contributed by atoms with Crippen LogP contribution in [-0.4, -0.2) is 28.9 Å². The van der Waals surface area contributed by atoms with E-state index in [4.69, 9.17) is 9.52 Å². The first kappa shape index (κ1) is 16.3. The first-order chi connectivity index (χ1) is 10.3. The fourth-order valence-corrected chi connectivity index (χ4v) is 2.69. The van der Waals surface area contributed by atoms with E-state index in [2.05, 4.69) is 15.9 Å². The first-order valence-electron chi connectivity index (χ1n) is 6.64. The van der Waals surface area contributed by atoms with Crippen LogP contribution in [0.2, 0.25) is 0 Å². The zero-order valence-electron chi connectivity index (χ0n) is 12.5. The third kappa shape index (κ3) is 3.39. The molecule has 5 nitrogen and oxygen atoms in total. The zero-order chi connectivity index (χ0) is 16.4. The van der Waals surface area contributed by atoms with Gasteiger partial charge >= 0.3 is 5.97 Å². The molecule has 0 aliphatic carbocycles. The maximum atomic E-state index is 12.5. The summed E-state index contributed by atoms with van der Waals surface area (Å²) in [4.78, 5) is 25.0. The van der Waals surface area contributed by atoms with Crippen molar-refractivity contribution in [2.75, 3.05) is 7.05 Å². The van der Waals surface area contributed by atoms with E-state index >= 15 is 0 Å². The number of hydrogen-bond donors (Lipinski definition) is 1. The lowest BCUT2D eigenvalue weighted by molar-refractivity contribution is 0.0694. The van der Waals surface area contributed by atoms with E-state index in [0.717, 1.165) is 10.0 Å². The second kappa shape index (κ2) is 6.36. The minimum atomic E-state index is -1.04. The number of carbonyl (C=O) groups is 2. The molecule has 1 N–H and O–H groups in total. The number of halogens is 1. The normalized spacial score (nSPS) is 10.5. The number of nitrogens with zero attached hydrogens (tertiary/aromatic N) is 1. The predicted molar refractivity (Wildman–Crippen MR) is 85.1 cm³/mol. The average molecular weight is 366 g/mol. The molecule has 6 heteroatoms. The Balaban J connectivity index is 2.18. The number of furan rings is 1. The van der Waals surface area contributed by atoms with Gasteiger partial charge in [-0.3, -0.25) is 4.79 Å². The van der Waals surface area contributed by atoms with Crippen molar-refractivity contribution in [3.63, 3.8) is 0 Å². The molecule has 0 unspecified atom stereocenters. The topological polar surface area (TPSA) is 70.8 Å². The molecule has 0 bridgehead atoms. The second-order valence-electron chi connectivity index (χ2n) is 5.11. The smallest absolute Gasteiger partial charge is 0.339 e. The van der Waals surface area contributed by atoms with Gasteiger partial charge in [-0.05, 0) is 43.7 Å². The molecule has 2 rings (SSSR count). The molecule has 116 valence electrons. The van der Waals surface area contributed by atoms with Gasteiger partial charge in [-0.2, -0.15) is 0 Å². The summed E-state index contributed by atoms with van der Waals surface area (Å²) in [5.74, 6) is -0.398. The molecule has 1 amide bonds. The second-order valence-corrected chi connectivity index (χ2v) is 6.02. The Bertz CT molecular complexity index is 736. The van der Waals surface area contributed by atoms with Gasteiger partial charge in [-0.1, -0.05) is 15.9 Å². The maximum absolute atomic E-state index is 12.5. The quantitative estimate of drug-likeness (QED) is 0.897. The largest absolute Gasteiger partial charge is 0.478 e. The summed E-state index contributed by atoms with van der Waals surface area (Å²) in [6, 6.07) is 6.90. The number of benzene rings is 1. The van der Waals surface area contributed by atoms with Gasteiger partial charge in [0, 0.05) is 17.1 Å². The standard InChI is InChI=1S/C16H16BrNO4/c1-9-6-11(17)4-5-13(9)15(19)18(3)8-12-7-14(16(20)21)10(2)22-12/h4-7H,8H2,1-3H3,(H,20,21). The molecule has 22 heavy (non-hydrogen) atoms. The maximum Gasteiger partial charge on any atom is 0.339 e. The highest BCUT2D eigenvalue weighted by Gasteiger charge is 2.18. The van der Waals surface area contributed by atoms with E-state index in [-0.39, 0.29) is 18.0 Å². The number of rotatable bonds is 4. The molecule has 0 saturated carbocycles. The van der Waals surface area contributed by atoms with Crippen LogP contribution in [0, 0.1) is 13.8 Å². The van der Waals surface area contributed by atoms with Crippen molar-refractivity contribution in [1.29, 1.82) is 0 Å². The molecular formula is C16H16BrNO4. The molecule has 0 radical (unpaired) electrons. The fourth-order valence-electron chi connectivity index (χ4n) is 2.21. The SMILES string of the molecule is Cc1cc(Br)ccc1C(=O)N(C)Cc1cc(C(=O)O)c(C)o1. The van der Waals surface area contributed by atoms with E-state index in [1.54, 1.807) is 20.0 Å². The summed E-state index contributed by atoms with van der Waals surface area (Å²) in [5.41, 5.74) is 1.59. The molecule has 1 aromatic carbocycles. The van der Waals surface area contributed by atoms with Crippen molar-refractivity contribution in [1.82, 2.24) is 4.90 Å². The molecule has 1 heterocycles. The van der Waals surface area contributed by atoms with Crippen LogP contribution in [0.3, 0.4) is 0 Å². The van der Waals surface area contributed by atoms with Crippen LogP contribution >= 0.6 is 15.9 Å². The van der Waals surface area contributed by atoms with Crippen molar-refractivity contribution < 1.29 is 19.1 Å². The van der Waals surface area contributed by atoms with E-state index in [1.807, 2.05) is 19.1 Å². The molecule has 0 atom stereocenters. The van der Waals surface area contributed by atoms with E-state index in [9.17, 15) is 9.59 Å². The highest BCUT2D eigenvalue weighted by atomic mass is 79.9. The van der Waals surface area contributed by atoms with Gasteiger partial charge in [0.15, 0.2) is 0 Å². The van der Waals surface area contributed by atoms with Crippen molar-refractivity contribution >= 4 is 27.8 Å². The van der Waals surface area contributed by atoms with Crippen LogP contribution < -0.4 is 0 Å². The van der Waals surface area contributed by atoms with E-state index < -0.39 is 5.97 Å². The van der Waals surface area contributed by atoms with Gasteiger partial charge in [0.1, 0.15) is 17.1 Å². The Morgan fingerprint density at radius 2 is 1.91 bits per heavy atom. The minimum absolute atomic E-state index is 0.121. The van der Waals surface area contributed by atoms with E-state index in [1.165, 1.54) is 11.0 Å². The molecule has 0 aliphatic heterocycles. The molecule has 0 aliphatic rings. The number of carboxylic acid groups (broad SMARTS) is 1. The third-order valence-electron chi connectivity index (χ3n) is 3.36. The molecule has 1 aromatic heterocycles. The number of carbonyl (C=O) groups excluding carboxylic acids is 1. The summed E-state index contributed by atoms with van der Waals surface area (Å²) in [6.45, 7) is 3.67. The van der Waals surface area contributed by atoms with Crippen molar-refractivity contribution in [3.05, 3.63) is 56.9 Å². The number of carboxylic acids is 1. The van der Waals surface area contributed by atoms with Crippen LogP contribution in [0.1, 0.15) is 37.8 Å². The van der Waals surface area contributed by atoms with Crippen LogP contribution in [0.4, 0.5) is 0 Å². The number of hydrogen-bond acceptors (Lipinski definition) is 3. The van der Waals surface area contributed by atoms with Crippen molar-refractivity contribution in [2.45, 2.75) is 20.4 Å². The predicted octanol–water partition coefficient (Wildman–Crippen LogP) is 3.63. The summed E-state index contributed by atoms with van der Waals surface area (Å²) < 4.78 is 6.31.